The Labute approximate surface area is 123 Å². The number of unbranched alkanes of at least 4 members (excludes halogenated alkanes) is 2. The van der Waals surface area contributed by atoms with Gasteiger partial charge in [0, 0.05) is 0 Å². The van der Waals surface area contributed by atoms with E-state index in [0.717, 1.165) is 19.3 Å². The molecule has 2 N–H and O–H groups in total. The molecule has 0 atom stereocenters. The van der Waals surface area contributed by atoms with Crippen LogP contribution in [0.5, 0.6) is 5.75 Å². The third-order valence-corrected chi connectivity index (χ3v) is 3.25. The van der Waals surface area contributed by atoms with Crippen molar-refractivity contribution in [3.05, 3.63) is 18.2 Å². The lowest BCUT2D eigenvalue weighted by Gasteiger charge is -2.29. The summed E-state index contributed by atoms with van der Waals surface area (Å²) in [6, 6.07) is 5.13. The number of rotatable bonds is 6. The number of anilines is 2. The van der Waals surface area contributed by atoms with E-state index in [1.165, 1.54) is 4.90 Å². The first kappa shape index (κ1) is 15.2. The molecule has 6 nitrogen and oxygen atoms in total. The maximum atomic E-state index is 12.0. The fraction of sp³-hybridized carbons (Fsp3) is 0.467. The molecule has 0 saturated heterocycles. The summed E-state index contributed by atoms with van der Waals surface area (Å²) in [6.45, 7) is 2.21. The van der Waals surface area contributed by atoms with Crippen molar-refractivity contribution in [3.8, 4) is 5.75 Å². The molecule has 0 aromatic heterocycles. The summed E-state index contributed by atoms with van der Waals surface area (Å²) in [5.41, 5.74) is 6.73. The molecule has 1 heterocycles. The molecule has 1 amide bonds. The number of fused-ring (bicyclic) bond motifs is 1. The highest BCUT2D eigenvalue weighted by Gasteiger charge is 2.29. The van der Waals surface area contributed by atoms with Crippen molar-refractivity contribution in [2.45, 2.75) is 26.2 Å². The number of carbonyl (C=O) groups is 2. The number of benzene rings is 1. The Hall–Kier alpha value is -2.24. The number of hydrogen-bond donors (Lipinski definition) is 1. The van der Waals surface area contributed by atoms with E-state index in [0.29, 0.717) is 23.7 Å². The van der Waals surface area contributed by atoms with Gasteiger partial charge in [0.2, 0.25) is 0 Å². The van der Waals surface area contributed by atoms with E-state index in [1.54, 1.807) is 18.2 Å². The second-order valence-corrected chi connectivity index (χ2v) is 4.89. The SMILES string of the molecule is CCCCCOC(=O)CN1C(=O)COc2cccc(N)c21. The maximum Gasteiger partial charge on any atom is 0.326 e. The summed E-state index contributed by atoms with van der Waals surface area (Å²) in [5.74, 6) is -0.227. The number of ether oxygens (including phenoxy) is 2. The first-order chi connectivity index (χ1) is 10.1. The van der Waals surface area contributed by atoms with E-state index in [1.807, 2.05) is 0 Å². The second-order valence-electron chi connectivity index (χ2n) is 4.89. The molecule has 6 heteroatoms. The van der Waals surface area contributed by atoms with Crippen LogP contribution < -0.4 is 15.4 Å². The summed E-state index contributed by atoms with van der Waals surface area (Å²) in [5, 5.41) is 0. The number of nitrogen functional groups attached to an aromatic ring is 1. The van der Waals surface area contributed by atoms with Gasteiger partial charge in [-0.3, -0.25) is 14.5 Å². The summed E-state index contributed by atoms with van der Waals surface area (Å²) >= 11 is 0. The number of para-hydroxylation sites is 1. The molecule has 0 saturated carbocycles. The Balaban J connectivity index is 2.03. The van der Waals surface area contributed by atoms with Crippen molar-refractivity contribution >= 4 is 23.3 Å². The van der Waals surface area contributed by atoms with Gasteiger partial charge in [-0.2, -0.15) is 0 Å². The molecular formula is C15H20N2O4. The Morgan fingerprint density at radius 1 is 1.43 bits per heavy atom. The van der Waals surface area contributed by atoms with E-state index in [4.69, 9.17) is 15.2 Å². The summed E-state index contributed by atoms with van der Waals surface area (Å²) in [7, 11) is 0. The van der Waals surface area contributed by atoms with Gasteiger partial charge in [-0.05, 0) is 18.6 Å². The van der Waals surface area contributed by atoms with Crippen molar-refractivity contribution in [1.82, 2.24) is 0 Å². The lowest BCUT2D eigenvalue weighted by Crippen LogP contribution is -2.42. The van der Waals surface area contributed by atoms with Gasteiger partial charge in [0.25, 0.3) is 5.91 Å². The molecular weight excluding hydrogens is 272 g/mol. The van der Waals surface area contributed by atoms with Crippen LogP contribution in [0.25, 0.3) is 0 Å². The summed E-state index contributed by atoms with van der Waals surface area (Å²) in [6.07, 6.45) is 2.90. The number of nitrogens with two attached hydrogens (primary N) is 1. The second kappa shape index (κ2) is 6.97. The van der Waals surface area contributed by atoms with E-state index < -0.39 is 5.97 Å². The zero-order valence-electron chi connectivity index (χ0n) is 12.1. The van der Waals surface area contributed by atoms with Crippen molar-refractivity contribution in [1.29, 1.82) is 0 Å². The van der Waals surface area contributed by atoms with Crippen LogP contribution in [0.1, 0.15) is 26.2 Å². The zero-order valence-corrected chi connectivity index (χ0v) is 12.1. The van der Waals surface area contributed by atoms with Crippen LogP contribution in [0.15, 0.2) is 18.2 Å². The predicted octanol–water partition coefficient (Wildman–Crippen LogP) is 1.73. The van der Waals surface area contributed by atoms with E-state index >= 15 is 0 Å². The van der Waals surface area contributed by atoms with Crippen molar-refractivity contribution in [3.63, 3.8) is 0 Å². The predicted molar refractivity (Wildman–Crippen MR) is 79.2 cm³/mol. The smallest absolute Gasteiger partial charge is 0.326 e. The number of carbonyl (C=O) groups excluding carboxylic acids is 2. The molecule has 1 aliphatic heterocycles. The highest BCUT2D eigenvalue weighted by molar-refractivity contribution is 6.04. The van der Waals surface area contributed by atoms with Gasteiger partial charge in [0.15, 0.2) is 6.61 Å². The Morgan fingerprint density at radius 2 is 2.24 bits per heavy atom. The standard InChI is InChI=1S/C15H20N2O4/c1-2-3-4-8-20-14(19)9-17-13(18)10-21-12-7-5-6-11(16)15(12)17/h5-7H,2-4,8-10,16H2,1H3. The normalized spacial score (nSPS) is 13.6. The first-order valence-corrected chi connectivity index (χ1v) is 7.10. The van der Waals surface area contributed by atoms with Gasteiger partial charge in [-0.1, -0.05) is 25.8 Å². The minimum Gasteiger partial charge on any atom is -0.481 e. The molecule has 1 aromatic rings. The molecule has 114 valence electrons. The molecule has 0 radical (unpaired) electrons. The molecule has 1 aromatic carbocycles. The maximum absolute atomic E-state index is 12.0. The molecule has 0 unspecified atom stereocenters. The van der Waals surface area contributed by atoms with Gasteiger partial charge in [0.05, 0.1) is 12.3 Å². The molecule has 1 aliphatic rings. The average molecular weight is 292 g/mol. The van der Waals surface area contributed by atoms with Crippen LogP contribution >= 0.6 is 0 Å². The minimum absolute atomic E-state index is 0.0977. The molecule has 0 aliphatic carbocycles. The molecule has 2 rings (SSSR count). The van der Waals surface area contributed by atoms with Crippen molar-refractivity contribution < 1.29 is 19.1 Å². The van der Waals surface area contributed by atoms with E-state index in [2.05, 4.69) is 6.92 Å². The van der Waals surface area contributed by atoms with Crippen LogP contribution in [0.4, 0.5) is 11.4 Å². The fourth-order valence-electron chi connectivity index (χ4n) is 2.17. The average Bonchev–Trinajstić information content (AvgIpc) is 2.47. The van der Waals surface area contributed by atoms with Crippen LogP contribution in [0, 0.1) is 0 Å². The Kier molecular flexibility index (Phi) is 5.03. The lowest BCUT2D eigenvalue weighted by molar-refractivity contribution is -0.143. The zero-order chi connectivity index (χ0) is 15.2. The monoisotopic (exact) mass is 292 g/mol. The number of amides is 1. The lowest BCUT2D eigenvalue weighted by atomic mass is 10.2. The largest absolute Gasteiger partial charge is 0.481 e. The number of hydrogen-bond acceptors (Lipinski definition) is 5. The van der Waals surface area contributed by atoms with Crippen LogP contribution in [0.2, 0.25) is 0 Å². The molecule has 0 spiro atoms. The quantitative estimate of drug-likeness (QED) is 0.490. The van der Waals surface area contributed by atoms with Crippen LogP contribution in [0.3, 0.4) is 0 Å². The topological polar surface area (TPSA) is 81.9 Å². The van der Waals surface area contributed by atoms with Gasteiger partial charge in [-0.15, -0.1) is 0 Å². The van der Waals surface area contributed by atoms with E-state index in [-0.39, 0.29) is 19.1 Å². The third-order valence-electron chi connectivity index (χ3n) is 3.25. The Morgan fingerprint density at radius 3 is 3.00 bits per heavy atom. The van der Waals surface area contributed by atoms with Gasteiger partial charge >= 0.3 is 5.97 Å². The molecule has 0 fully saturated rings. The highest BCUT2D eigenvalue weighted by Crippen LogP contribution is 2.36. The Bertz CT molecular complexity index is 530. The summed E-state index contributed by atoms with van der Waals surface area (Å²) < 4.78 is 10.5. The van der Waals surface area contributed by atoms with Crippen LogP contribution in [-0.2, 0) is 14.3 Å². The van der Waals surface area contributed by atoms with Gasteiger partial charge in [-0.25, -0.2) is 0 Å². The minimum atomic E-state index is -0.435. The van der Waals surface area contributed by atoms with Gasteiger partial charge < -0.3 is 15.2 Å². The van der Waals surface area contributed by atoms with Crippen molar-refractivity contribution in [2.24, 2.45) is 0 Å². The third kappa shape index (κ3) is 3.65. The van der Waals surface area contributed by atoms with Crippen LogP contribution in [-0.4, -0.2) is 31.6 Å². The molecule has 0 bridgehead atoms. The van der Waals surface area contributed by atoms with Gasteiger partial charge in [0.1, 0.15) is 18.0 Å². The van der Waals surface area contributed by atoms with E-state index in [9.17, 15) is 9.59 Å². The highest BCUT2D eigenvalue weighted by atomic mass is 16.5. The summed E-state index contributed by atoms with van der Waals surface area (Å²) in [4.78, 5) is 25.1. The van der Waals surface area contributed by atoms with Crippen molar-refractivity contribution in [2.75, 3.05) is 30.4 Å². The number of esters is 1. The fourth-order valence-corrected chi connectivity index (χ4v) is 2.17. The molecule has 21 heavy (non-hydrogen) atoms. The number of nitrogens with zero attached hydrogens (tertiary/aromatic N) is 1. The first-order valence-electron chi connectivity index (χ1n) is 7.10.